The summed E-state index contributed by atoms with van der Waals surface area (Å²) in [6.07, 6.45) is 0. The number of nitrogens with zero attached hydrogens (tertiary/aromatic N) is 3. The van der Waals surface area contributed by atoms with Gasteiger partial charge in [0.2, 0.25) is 0 Å². The number of likely N-dealkylation sites (N-methyl/N-ethyl adjacent to an activating group) is 1. The number of benzene rings is 2. The van der Waals surface area contributed by atoms with Crippen LogP contribution in [0.5, 0.6) is 5.75 Å². The zero-order valence-electron chi connectivity index (χ0n) is 17.4. The Morgan fingerprint density at radius 1 is 1.10 bits per heavy atom. The van der Waals surface area contributed by atoms with Gasteiger partial charge in [0.15, 0.2) is 5.69 Å². The molecular weight excluding hydrogens is 366 g/mol. The van der Waals surface area contributed by atoms with Gasteiger partial charge in [0.1, 0.15) is 12.4 Å². The number of amides is 1. The summed E-state index contributed by atoms with van der Waals surface area (Å²) in [5.41, 5.74) is 1.29. The molecule has 0 bridgehead atoms. The van der Waals surface area contributed by atoms with Crippen molar-refractivity contribution in [3.63, 3.8) is 0 Å². The van der Waals surface area contributed by atoms with Gasteiger partial charge in [-0.15, -0.1) is 0 Å². The van der Waals surface area contributed by atoms with Crippen LogP contribution in [0.3, 0.4) is 0 Å². The van der Waals surface area contributed by atoms with Crippen LogP contribution < -0.4 is 10.3 Å². The van der Waals surface area contributed by atoms with Gasteiger partial charge >= 0.3 is 0 Å². The number of ether oxygens (including phenoxy) is 1. The second-order valence-electron chi connectivity index (χ2n) is 7.66. The Labute approximate surface area is 170 Å². The molecule has 0 aliphatic heterocycles. The summed E-state index contributed by atoms with van der Waals surface area (Å²) in [7, 11) is 1.72. The third-order valence-electron chi connectivity index (χ3n) is 4.67. The van der Waals surface area contributed by atoms with E-state index in [-0.39, 0.29) is 17.4 Å². The Balaban J connectivity index is 1.80. The van der Waals surface area contributed by atoms with Crippen LogP contribution >= 0.6 is 0 Å². The van der Waals surface area contributed by atoms with Gasteiger partial charge in [-0.25, -0.2) is 4.68 Å². The minimum absolute atomic E-state index is 0.170. The molecule has 1 heterocycles. The van der Waals surface area contributed by atoms with Crippen LogP contribution in [0.1, 0.15) is 29.9 Å². The Morgan fingerprint density at radius 3 is 2.41 bits per heavy atom. The monoisotopic (exact) mass is 393 g/mol. The topological polar surface area (TPSA) is 64.4 Å². The highest BCUT2D eigenvalue weighted by atomic mass is 16.5. The largest absolute Gasteiger partial charge is 0.492 e. The van der Waals surface area contributed by atoms with E-state index in [1.165, 1.54) is 10.2 Å². The molecule has 0 fully saturated rings. The fraction of sp³-hybridized carbons (Fsp3) is 0.348. The van der Waals surface area contributed by atoms with Crippen LogP contribution in [0, 0.1) is 12.8 Å². The van der Waals surface area contributed by atoms with Crippen molar-refractivity contribution in [2.75, 3.05) is 20.2 Å². The van der Waals surface area contributed by atoms with Crippen LogP contribution in [0.15, 0.2) is 53.3 Å². The molecule has 1 amide bonds. The summed E-state index contributed by atoms with van der Waals surface area (Å²) in [5.74, 6) is 0.779. The first-order chi connectivity index (χ1) is 13.9. The Morgan fingerprint density at radius 2 is 1.76 bits per heavy atom. The number of aryl methyl sites for hydroxylation is 1. The Kier molecular flexibility index (Phi) is 6.32. The van der Waals surface area contributed by atoms with E-state index in [4.69, 9.17) is 4.74 Å². The van der Waals surface area contributed by atoms with Crippen LogP contribution in [-0.2, 0) is 6.54 Å². The van der Waals surface area contributed by atoms with Crippen molar-refractivity contribution < 1.29 is 9.53 Å². The predicted molar refractivity (Wildman–Crippen MR) is 114 cm³/mol. The van der Waals surface area contributed by atoms with Crippen molar-refractivity contribution in [1.29, 1.82) is 0 Å². The summed E-state index contributed by atoms with van der Waals surface area (Å²) in [6, 6.07) is 14.9. The zero-order valence-corrected chi connectivity index (χ0v) is 17.4. The normalized spacial score (nSPS) is 11.1. The molecule has 29 heavy (non-hydrogen) atoms. The van der Waals surface area contributed by atoms with E-state index in [1.54, 1.807) is 30.1 Å². The summed E-state index contributed by atoms with van der Waals surface area (Å²) < 4.78 is 7.13. The summed E-state index contributed by atoms with van der Waals surface area (Å²) in [5, 5.41) is 5.50. The van der Waals surface area contributed by atoms with E-state index in [0.29, 0.717) is 36.2 Å². The van der Waals surface area contributed by atoms with Gasteiger partial charge in [-0.05, 0) is 31.0 Å². The highest BCUT2D eigenvalue weighted by Gasteiger charge is 2.20. The van der Waals surface area contributed by atoms with Gasteiger partial charge in [-0.3, -0.25) is 9.59 Å². The number of fused-ring (bicyclic) bond motifs is 1. The molecule has 0 aliphatic rings. The Bertz CT molecular complexity index is 1060. The van der Waals surface area contributed by atoms with E-state index in [1.807, 2.05) is 51.1 Å². The maximum absolute atomic E-state index is 13.1. The second-order valence-corrected chi connectivity index (χ2v) is 7.66. The molecule has 0 atom stereocenters. The minimum Gasteiger partial charge on any atom is -0.492 e. The smallest absolute Gasteiger partial charge is 0.274 e. The number of rotatable bonds is 7. The SMILES string of the molecule is Cc1ccc(OCCN(C)C(=O)c2nn(CC(C)C)c(=O)c3ccccc23)cc1. The molecule has 0 aliphatic carbocycles. The molecule has 0 radical (unpaired) electrons. The molecule has 6 nitrogen and oxygen atoms in total. The summed E-state index contributed by atoms with van der Waals surface area (Å²) in [4.78, 5) is 27.4. The molecule has 0 N–H and O–H groups in total. The lowest BCUT2D eigenvalue weighted by Gasteiger charge is -2.19. The molecule has 0 unspecified atom stereocenters. The van der Waals surface area contributed by atoms with E-state index in [0.717, 1.165) is 5.75 Å². The van der Waals surface area contributed by atoms with Crippen molar-refractivity contribution >= 4 is 16.7 Å². The molecule has 0 saturated carbocycles. The van der Waals surface area contributed by atoms with Gasteiger partial charge < -0.3 is 9.64 Å². The lowest BCUT2D eigenvalue weighted by molar-refractivity contribution is 0.0767. The highest BCUT2D eigenvalue weighted by Crippen LogP contribution is 2.16. The fourth-order valence-corrected chi connectivity index (χ4v) is 3.08. The van der Waals surface area contributed by atoms with Crippen molar-refractivity contribution in [1.82, 2.24) is 14.7 Å². The maximum Gasteiger partial charge on any atom is 0.274 e. The average Bonchev–Trinajstić information content (AvgIpc) is 2.70. The third kappa shape index (κ3) is 4.83. The van der Waals surface area contributed by atoms with Crippen LogP contribution in [0.25, 0.3) is 10.8 Å². The molecule has 3 rings (SSSR count). The first kappa shape index (κ1) is 20.6. The molecule has 0 spiro atoms. The number of hydrogen-bond acceptors (Lipinski definition) is 4. The predicted octanol–water partition coefficient (Wildman–Crippen LogP) is 3.51. The van der Waals surface area contributed by atoms with Crippen LogP contribution in [0.4, 0.5) is 0 Å². The molecule has 1 aromatic heterocycles. The summed E-state index contributed by atoms with van der Waals surface area (Å²) >= 11 is 0. The summed E-state index contributed by atoms with van der Waals surface area (Å²) in [6.45, 7) is 7.29. The van der Waals surface area contributed by atoms with E-state index in [9.17, 15) is 9.59 Å². The molecule has 2 aromatic carbocycles. The molecule has 0 saturated heterocycles. The van der Waals surface area contributed by atoms with Crippen molar-refractivity contribution in [2.24, 2.45) is 5.92 Å². The molecule has 6 heteroatoms. The lowest BCUT2D eigenvalue weighted by Crippen LogP contribution is -2.34. The van der Waals surface area contributed by atoms with Crippen molar-refractivity contribution in [2.45, 2.75) is 27.3 Å². The van der Waals surface area contributed by atoms with Gasteiger partial charge in [0.05, 0.1) is 11.9 Å². The van der Waals surface area contributed by atoms with E-state index < -0.39 is 0 Å². The fourth-order valence-electron chi connectivity index (χ4n) is 3.08. The number of carbonyl (C=O) groups is 1. The van der Waals surface area contributed by atoms with Crippen LogP contribution in [0.2, 0.25) is 0 Å². The molecular formula is C23H27N3O3. The van der Waals surface area contributed by atoms with Gasteiger partial charge in [0.25, 0.3) is 11.5 Å². The van der Waals surface area contributed by atoms with Crippen LogP contribution in [-0.4, -0.2) is 40.8 Å². The first-order valence-corrected chi connectivity index (χ1v) is 9.81. The standard InChI is InChI=1S/C23H27N3O3/c1-16(2)15-26-22(27)20-8-6-5-7-19(20)21(24-26)23(28)25(4)13-14-29-18-11-9-17(3)10-12-18/h5-12,16H,13-15H2,1-4H3. The van der Waals surface area contributed by atoms with Gasteiger partial charge in [0, 0.05) is 19.0 Å². The number of hydrogen-bond donors (Lipinski definition) is 0. The second kappa shape index (κ2) is 8.90. The van der Waals surface area contributed by atoms with Crippen molar-refractivity contribution in [3.05, 3.63) is 70.1 Å². The minimum atomic E-state index is -0.230. The Hall–Kier alpha value is -3.15. The first-order valence-electron chi connectivity index (χ1n) is 9.81. The third-order valence-corrected chi connectivity index (χ3v) is 4.67. The highest BCUT2D eigenvalue weighted by molar-refractivity contribution is 6.04. The number of aromatic nitrogens is 2. The maximum atomic E-state index is 13.1. The van der Waals surface area contributed by atoms with E-state index in [2.05, 4.69) is 5.10 Å². The average molecular weight is 393 g/mol. The quantitative estimate of drug-likeness (QED) is 0.616. The van der Waals surface area contributed by atoms with Gasteiger partial charge in [-0.1, -0.05) is 49.7 Å². The van der Waals surface area contributed by atoms with E-state index >= 15 is 0 Å². The van der Waals surface area contributed by atoms with Gasteiger partial charge in [-0.2, -0.15) is 5.10 Å². The number of carbonyl (C=O) groups excluding carboxylic acids is 1. The molecule has 152 valence electrons. The molecule has 3 aromatic rings. The van der Waals surface area contributed by atoms with Crippen molar-refractivity contribution in [3.8, 4) is 5.75 Å². The zero-order chi connectivity index (χ0) is 21.0. The lowest BCUT2D eigenvalue weighted by atomic mass is 10.1.